The van der Waals surface area contributed by atoms with Crippen molar-refractivity contribution in [1.29, 1.82) is 0 Å². The molecule has 0 aromatic heterocycles. The molecule has 2 rings (SSSR count). The van der Waals surface area contributed by atoms with Gasteiger partial charge < -0.3 is 5.32 Å². The molecule has 2 aromatic rings. The minimum absolute atomic E-state index is 0.0452. The minimum atomic E-state index is -0.0452. The zero-order valence-corrected chi connectivity index (χ0v) is 13.4. The second-order valence-electron chi connectivity index (χ2n) is 4.73. The number of anilines is 1. The van der Waals surface area contributed by atoms with Crippen LogP contribution in [0, 0.1) is 24.3 Å². The van der Waals surface area contributed by atoms with Gasteiger partial charge in [0.25, 0.3) is 5.91 Å². The van der Waals surface area contributed by atoms with Crippen molar-refractivity contribution in [3.05, 3.63) is 62.2 Å². The topological polar surface area (TPSA) is 29.1 Å². The lowest BCUT2D eigenvalue weighted by Gasteiger charge is -2.11. The Bertz CT molecular complexity index is 594. The SMILES string of the molecule is Cc1cc(C)c(C(=O)Nc2ccc(I)cc2)c(C)c1. The van der Waals surface area contributed by atoms with Crippen LogP contribution in [0.3, 0.4) is 0 Å². The predicted octanol–water partition coefficient (Wildman–Crippen LogP) is 4.47. The molecule has 0 saturated carbocycles. The molecular formula is C16H16INO. The van der Waals surface area contributed by atoms with Crippen LogP contribution in [-0.2, 0) is 0 Å². The monoisotopic (exact) mass is 365 g/mol. The number of aryl methyl sites for hydroxylation is 3. The first-order valence-corrected chi connectivity index (χ1v) is 7.20. The molecule has 0 bridgehead atoms. The van der Waals surface area contributed by atoms with Crippen LogP contribution in [0.1, 0.15) is 27.0 Å². The van der Waals surface area contributed by atoms with Crippen LogP contribution in [0.2, 0.25) is 0 Å². The van der Waals surface area contributed by atoms with Gasteiger partial charge in [-0.15, -0.1) is 0 Å². The highest BCUT2D eigenvalue weighted by atomic mass is 127. The van der Waals surface area contributed by atoms with Crippen LogP contribution >= 0.6 is 22.6 Å². The lowest BCUT2D eigenvalue weighted by Crippen LogP contribution is -2.15. The maximum atomic E-state index is 12.3. The Balaban J connectivity index is 2.28. The predicted molar refractivity (Wildman–Crippen MR) is 87.8 cm³/mol. The smallest absolute Gasteiger partial charge is 0.256 e. The van der Waals surface area contributed by atoms with E-state index >= 15 is 0 Å². The summed E-state index contributed by atoms with van der Waals surface area (Å²) in [4.78, 5) is 12.3. The van der Waals surface area contributed by atoms with E-state index in [9.17, 15) is 4.79 Å². The summed E-state index contributed by atoms with van der Waals surface area (Å²) in [7, 11) is 0. The number of carbonyl (C=O) groups is 1. The first-order chi connectivity index (χ1) is 8.97. The minimum Gasteiger partial charge on any atom is -0.322 e. The molecule has 1 amide bonds. The van der Waals surface area contributed by atoms with Crippen molar-refractivity contribution in [2.24, 2.45) is 0 Å². The van der Waals surface area contributed by atoms with Gasteiger partial charge in [0.2, 0.25) is 0 Å². The van der Waals surface area contributed by atoms with Gasteiger partial charge in [0.15, 0.2) is 0 Å². The van der Waals surface area contributed by atoms with E-state index in [4.69, 9.17) is 0 Å². The van der Waals surface area contributed by atoms with E-state index in [-0.39, 0.29) is 5.91 Å². The van der Waals surface area contributed by atoms with Crippen molar-refractivity contribution in [2.45, 2.75) is 20.8 Å². The molecule has 0 saturated heterocycles. The van der Waals surface area contributed by atoms with Crippen LogP contribution in [0.4, 0.5) is 5.69 Å². The number of amides is 1. The molecule has 0 aliphatic carbocycles. The first kappa shape index (κ1) is 14.1. The Morgan fingerprint density at radius 2 is 1.53 bits per heavy atom. The van der Waals surface area contributed by atoms with E-state index in [0.717, 1.165) is 25.9 Å². The molecule has 3 heteroatoms. The molecule has 0 atom stereocenters. The fraction of sp³-hybridized carbons (Fsp3) is 0.188. The van der Waals surface area contributed by atoms with Crippen molar-refractivity contribution < 1.29 is 4.79 Å². The summed E-state index contributed by atoms with van der Waals surface area (Å²) < 4.78 is 1.15. The number of nitrogens with one attached hydrogen (secondary N) is 1. The van der Waals surface area contributed by atoms with Crippen molar-refractivity contribution in [1.82, 2.24) is 0 Å². The highest BCUT2D eigenvalue weighted by Gasteiger charge is 2.12. The third-order valence-electron chi connectivity index (χ3n) is 3.01. The third kappa shape index (κ3) is 3.35. The number of rotatable bonds is 2. The molecule has 0 unspecified atom stereocenters. The molecule has 0 radical (unpaired) electrons. The van der Waals surface area contributed by atoms with Gasteiger partial charge in [-0.1, -0.05) is 17.7 Å². The van der Waals surface area contributed by atoms with Gasteiger partial charge in [-0.05, 0) is 78.8 Å². The normalized spacial score (nSPS) is 10.3. The van der Waals surface area contributed by atoms with E-state index in [1.165, 1.54) is 5.56 Å². The van der Waals surface area contributed by atoms with Gasteiger partial charge in [0, 0.05) is 14.8 Å². The molecular weight excluding hydrogens is 349 g/mol. The van der Waals surface area contributed by atoms with E-state index in [2.05, 4.69) is 27.9 Å². The Kier molecular flexibility index (Phi) is 4.24. The van der Waals surface area contributed by atoms with Crippen molar-refractivity contribution in [2.75, 3.05) is 5.32 Å². The number of carbonyl (C=O) groups excluding carboxylic acids is 1. The summed E-state index contributed by atoms with van der Waals surface area (Å²) >= 11 is 2.24. The summed E-state index contributed by atoms with van der Waals surface area (Å²) in [5, 5.41) is 2.94. The maximum Gasteiger partial charge on any atom is 0.256 e. The highest BCUT2D eigenvalue weighted by molar-refractivity contribution is 14.1. The van der Waals surface area contributed by atoms with E-state index < -0.39 is 0 Å². The van der Waals surface area contributed by atoms with E-state index in [1.807, 2.05) is 57.2 Å². The molecule has 0 aliphatic rings. The van der Waals surface area contributed by atoms with Crippen LogP contribution in [0.15, 0.2) is 36.4 Å². The average molecular weight is 365 g/mol. The third-order valence-corrected chi connectivity index (χ3v) is 3.73. The van der Waals surface area contributed by atoms with E-state index in [1.54, 1.807) is 0 Å². The summed E-state index contributed by atoms with van der Waals surface area (Å²) in [5.41, 5.74) is 4.80. The maximum absolute atomic E-state index is 12.3. The van der Waals surface area contributed by atoms with E-state index in [0.29, 0.717) is 0 Å². The Hall–Kier alpha value is -1.36. The van der Waals surface area contributed by atoms with Crippen LogP contribution in [-0.4, -0.2) is 5.91 Å². The fourth-order valence-electron chi connectivity index (χ4n) is 2.26. The van der Waals surface area contributed by atoms with Crippen LogP contribution in [0.25, 0.3) is 0 Å². The summed E-state index contributed by atoms with van der Waals surface area (Å²) in [5.74, 6) is -0.0452. The summed E-state index contributed by atoms with van der Waals surface area (Å²) in [6.45, 7) is 5.99. The second kappa shape index (κ2) is 5.74. The number of benzene rings is 2. The Morgan fingerprint density at radius 3 is 2.05 bits per heavy atom. The second-order valence-corrected chi connectivity index (χ2v) is 5.98. The highest BCUT2D eigenvalue weighted by Crippen LogP contribution is 2.19. The van der Waals surface area contributed by atoms with Crippen molar-refractivity contribution in [3.63, 3.8) is 0 Å². The summed E-state index contributed by atoms with van der Waals surface area (Å²) in [6, 6.07) is 11.9. The van der Waals surface area contributed by atoms with Crippen LogP contribution < -0.4 is 5.32 Å². The average Bonchev–Trinajstić information content (AvgIpc) is 2.30. The van der Waals surface area contributed by atoms with Crippen LogP contribution in [0.5, 0.6) is 0 Å². The quantitative estimate of drug-likeness (QED) is 0.782. The molecule has 1 N–H and O–H groups in total. The van der Waals surface area contributed by atoms with Gasteiger partial charge >= 0.3 is 0 Å². The van der Waals surface area contributed by atoms with Crippen molar-refractivity contribution in [3.8, 4) is 0 Å². The lowest BCUT2D eigenvalue weighted by molar-refractivity contribution is 0.102. The van der Waals surface area contributed by atoms with Gasteiger partial charge in [-0.25, -0.2) is 0 Å². The van der Waals surface area contributed by atoms with Gasteiger partial charge in [0.05, 0.1) is 0 Å². The van der Waals surface area contributed by atoms with Gasteiger partial charge in [-0.3, -0.25) is 4.79 Å². The molecule has 98 valence electrons. The Morgan fingerprint density at radius 1 is 1.00 bits per heavy atom. The zero-order chi connectivity index (χ0) is 14.0. The standard InChI is InChI=1S/C16H16INO/c1-10-8-11(2)15(12(3)9-10)16(19)18-14-6-4-13(17)5-7-14/h4-9H,1-3H3,(H,18,19). The van der Waals surface area contributed by atoms with Gasteiger partial charge in [-0.2, -0.15) is 0 Å². The molecule has 2 aromatic carbocycles. The van der Waals surface area contributed by atoms with Crippen molar-refractivity contribution >= 4 is 34.2 Å². The molecule has 0 heterocycles. The molecule has 2 nitrogen and oxygen atoms in total. The summed E-state index contributed by atoms with van der Waals surface area (Å²) in [6.07, 6.45) is 0. The molecule has 0 spiro atoms. The molecule has 19 heavy (non-hydrogen) atoms. The Labute approximate surface area is 127 Å². The zero-order valence-electron chi connectivity index (χ0n) is 11.3. The number of hydrogen-bond donors (Lipinski definition) is 1. The van der Waals surface area contributed by atoms with Gasteiger partial charge in [0.1, 0.15) is 0 Å². The lowest BCUT2D eigenvalue weighted by atomic mass is 9.99. The molecule has 0 fully saturated rings. The molecule has 0 aliphatic heterocycles. The largest absolute Gasteiger partial charge is 0.322 e. The number of hydrogen-bond acceptors (Lipinski definition) is 1. The fourth-order valence-corrected chi connectivity index (χ4v) is 2.62. The number of halogens is 1. The first-order valence-electron chi connectivity index (χ1n) is 6.12.